The van der Waals surface area contributed by atoms with Gasteiger partial charge in [0.05, 0.1) is 7.11 Å². The van der Waals surface area contributed by atoms with Crippen LogP contribution in [-0.4, -0.2) is 30.1 Å². The molecule has 25 heavy (non-hydrogen) atoms. The number of amides is 1. The molecule has 0 saturated carbocycles. The maximum absolute atomic E-state index is 12.2. The summed E-state index contributed by atoms with van der Waals surface area (Å²) < 4.78 is 5.14. The van der Waals surface area contributed by atoms with Crippen molar-refractivity contribution in [3.63, 3.8) is 0 Å². The number of benzene rings is 1. The van der Waals surface area contributed by atoms with Gasteiger partial charge in [-0.15, -0.1) is 36.2 Å². The molecule has 1 aromatic carbocycles. The van der Waals surface area contributed by atoms with Crippen LogP contribution in [0.3, 0.4) is 0 Å². The first-order chi connectivity index (χ1) is 11.0. The molecule has 5 nitrogen and oxygen atoms in total. The van der Waals surface area contributed by atoms with Crippen LogP contribution in [0.1, 0.15) is 37.2 Å². The van der Waals surface area contributed by atoms with Crippen LogP contribution in [0.5, 0.6) is 5.75 Å². The van der Waals surface area contributed by atoms with E-state index in [1.807, 2.05) is 38.1 Å². The minimum Gasteiger partial charge on any atom is -0.497 e. The van der Waals surface area contributed by atoms with Gasteiger partial charge in [0, 0.05) is 23.0 Å². The molecule has 3 N–H and O–H groups in total. The minimum atomic E-state index is -0.357. The second-order valence-electron chi connectivity index (χ2n) is 5.52. The zero-order valence-electron chi connectivity index (χ0n) is 14.6. The van der Waals surface area contributed by atoms with Gasteiger partial charge in [0.1, 0.15) is 16.5 Å². The van der Waals surface area contributed by atoms with E-state index in [0.29, 0.717) is 12.2 Å². The van der Waals surface area contributed by atoms with E-state index in [2.05, 4.69) is 10.3 Å². The van der Waals surface area contributed by atoms with Crippen molar-refractivity contribution in [1.82, 2.24) is 10.3 Å². The van der Waals surface area contributed by atoms with Crippen LogP contribution in [0.4, 0.5) is 0 Å². The third-order valence-corrected chi connectivity index (χ3v) is 4.97. The first-order valence-electron chi connectivity index (χ1n) is 7.68. The van der Waals surface area contributed by atoms with E-state index in [9.17, 15) is 4.79 Å². The van der Waals surface area contributed by atoms with Gasteiger partial charge in [0.25, 0.3) is 5.91 Å². The van der Waals surface area contributed by atoms with Gasteiger partial charge in [-0.1, -0.05) is 13.8 Å². The average Bonchev–Trinajstić information content (AvgIpc) is 3.09. The van der Waals surface area contributed by atoms with Crippen LogP contribution in [-0.2, 0) is 0 Å². The van der Waals surface area contributed by atoms with E-state index in [0.717, 1.165) is 29.2 Å². The Labute approximate surface area is 165 Å². The molecule has 0 aliphatic rings. The molecule has 8 heteroatoms. The Hall–Kier alpha value is -1.34. The highest BCUT2D eigenvalue weighted by atomic mass is 35.5. The largest absolute Gasteiger partial charge is 0.497 e. The second kappa shape index (κ2) is 10.6. The molecule has 1 amide bonds. The van der Waals surface area contributed by atoms with Crippen LogP contribution < -0.4 is 15.8 Å². The van der Waals surface area contributed by atoms with Gasteiger partial charge in [-0.25, -0.2) is 4.98 Å². The standard InChI is InChI=1S/C17H23N3O2S.2ClH/c1-4-17(18,5-2)11-19-15(21)14-10-23-16(20-14)12-6-8-13(22-3)9-7-12;;/h6-10H,4-5,11,18H2,1-3H3,(H,19,21);2*1H. The zero-order chi connectivity index (χ0) is 16.9. The van der Waals surface area contributed by atoms with Crippen LogP contribution in [0.2, 0.25) is 0 Å². The summed E-state index contributed by atoms with van der Waals surface area (Å²) in [6.07, 6.45) is 1.63. The van der Waals surface area contributed by atoms with Gasteiger partial charge < -0.3 is 15.8 Å². The Morgan fingerprint density at radius 3 is 2.36 bits per heavy atom. The lowest BCUT2D eigenvalue weighted by molar-refractivity contribution is 0.0938. The van der Waals surface area contributed by atoms with Gasteiger partial charge in [-0.2, -0.15) is 0 Å². The number of nitrogens with one attached hydrogen (secondary N) is 1. The average molecular weight is 406 g/mol. The number of nitrogens with zero attached hydrogens (tertiary/aromatic N) is 1. The highest BCUT2D eigenvalue weighted by Crippen LogP contribution is 2.25. The van der Waals surface area contributed by atoms with Gasteiger partial charge in [-0.05, 0) is 37.1 Å². The maximum atomic E-state index is 12.2. The summed E-state index contributed by atoms with van der Waals surface area (Å²) in [5.41, 5.74) is 7.23. The first-order valence-corrected chi connectivity index (χ1v) is 8.56. The van der Waals surface area contributed by atoms with E-state index < -0.39 is 0 Å². The summed E-state index contributed by atoms with van der Waals surface area (Å²) >= 11 is 1.45. The summed E-state index contributed by atoms with van der Waals surface area (Å²) in [6.45, 7) is 4.51. The van der Waals surface area contributed by atoms with E-state index >= 15 is 0 Å². The van der Waals surface area contributed by atoms with Crippen LogP contribution in [0.25, 0.3) is 10.6 Å². The van der Waals surface area contributed by atoms with Crippen LogP contribution in [0.15, 0.2) is 29.6 Å². The molecule has 1 aromatic heterocycles. The van der Waals surface area contributed by atoms with Gasteiger partial charge in [-0.3, -0.25) is 4.79 Å². The molecular formula is C17H25Cl2N3O2S. The molecule has 2 rings (SSSR count). The Kier molecular flexibility index (Phi) is 10.0. The van der Waals surface area contributed by atoms with Crippen molar-refractivity contribution in [1.29, 1.82) is 0 Å². The zero-order valence-corrected chi connectivity index (χ0v) is 17.0. The molecule has 0 spiro atoms. The number of hydrogen-bond donors (Lipinski definition) is 2. The monoisotopic (exact) mass is 405 g/mol. The number of rotatable bonds is 7. The fourth-order valence-corrected chi connectivity index (χ4v) is 2.90. The number of aromatic nitrogens is 1. The molecule has 0 aliphatic heterocycles. The van der Waals surface area contributed by atoms with Gasteiger partial charge in [0.15, 0.2) is 0 Å². The lowest BCUT2D eigenvalue weighted by atomic mass is 9.94. The lowest BCUT2D eigenvalue weighted by Gasteiger charge is -2.26. The van der Waals surface area contributed by atoms with Crippen molar-refractivity contribution in [3.05, 3.63) is 35.3 Å². The predicted molar refractivity (Wildman–Crippen MR) is 108 cm³/mol. The van der Waals surface area contributed by atoms with Crippen LogP contribution >= 0.6 is 36.2 Å². The number of ether oxygens (including phenoxy) is 1. The first kappa shape index (κ1) is 23.7. The predicted octanol–water partition coefficient (Wildman–Crippen LogP) is 3.91. The van der Waals surface area contributed by atoms with Crippen molar-refractivity contribution >= 4 is 42.1 Å². The van der Waals surface area contributed by atoms with Crippen LogP contribution in [0, 0.1) is 0 Å². The van der Waals surface area contributed by atoms with Gasteiger partial charge in [0.2, 0.25) is 0 Å². The normalized spacial score (nSPS) is 10.4. The fraction of sp³-hybridized carbons (Fsp3) is 0.412. The Balaban J connectivity index is 0.00000288. The third-order valence-electron chi connectivity index (χ3n) is 4.08. The molecule has 0 unspecified atom stereocenters. The molecular weight excluding hydrogens is 381 g/mol. The van der Waals surface area contributed by atoms with Crippen molar-refractivity contribution in [2.24, 2.45) is 5.73 Å². The summed E-state index contributed by atoms with van der Waals surface area (Å²) in [7, 11) is 1.63. The highest BCUT2D eigenvalue weighted by molar-refractivity contribution is 7.13. The molecule has 140 valence electrons. The van der Waals surface area contributed by atoms with Crippen molar-refractivity contribution in [2.45, 2.75) is 32.2 Å². The van der Waals surface area contributed by atoms with E-state index in [4.69, 9.17) is 10.5 Å². The Bertz CT molecular complexity index is 658. The molecule has 0 aliphatic carbocycles. The SMILES string of the molecule is CCC(N)(CC)CNC(=O)c1csc(-c2ccc(OC)cc2)n1.Cl.Cl. The summed E-state index contributed by atoms with van der Waals surface area (Å²) in [5, 5.41) is 5.46. The minimum absolute atomic E-state index is 0. The summed E-state index contributed by atoms with van der Waals surface area (Å²) in [6, 6.07) is 7.61. The number of halogens is 2. The molecule has 0 atom stereocenters. The molecule has 0 radical (unpaired) electrons. The van der Waals surface area contributed by atoms with Crippen molar-refractivity contribution in [3.8, 4) is 16.3 Å². The van der Waals surface area contributed by atoms with Gasteiger partial charge >= 0.3 is 0 Å². The highest BCUT2D eigenvalue weighted by Gasteiger charge is 2.22. The van der Waals surface area contributed by atoms with E-state index in [-0.39, 0.29) is 36.3 Å². The smallest absolute Gasteiger partial charge is 0.270 e. The number of carbonyl (C=O) groups excluding carboxylic acids is 1. The number of carbonyl (C=O) groups is 1. The lowest BCUT2D eigenvalue weighted by Crippen LogP contribution is -2.49. The molecule has 2 aromatic rings. The maximum Gasteiger partial charge on any atom is 0.270 e. The number of hydrogen-bond acceptors (Lipinski definition) is 5. The number of nitrogens with two attached hydrogens (primary N) is 1. The summed E-state index contributed by atoms with van der Waals surface area (Å²) in [4.78, 5) is 16.6. The quantitative estimate of drug-likeness (QED) is 0.731. The number of methoxy groups -OCH3 is 1. The molecule has 0 fully saturated rings. The molecule has 0 bridgehead atoms. The molecule has 1 heterocycles. The summed E-state index contributed by atoms with van der Waals surface area (Å²) in [5.74, 6) is 0.611. The molecule has 0 saturated heterocycles. The van der Waals surface area contributed by atoms with Crippen molar-refractivity contribution in [2.75, 3.05) is 13.7 Å². The van der Waals surface area contributed by atoms with E-state index in [1.54, 1.807) is 12.5 Å². The number of thiazole rings is 1. The fourth-order valence-electron chi connectivity index (χ4n) is 2.09. The van der Waals surface area contributed by atoms with Crippen molar-refractivity contribution < 1.29 is 9.53 Å². The topological polar surface area (TPSA) is 77.2 Å². The third kappa shape index (κ3) is 6.15. The second-order valence-corrected chi connectivity index (χ2v) is 6.38. The Morgan fingerprint density at radius 2 is 1.84 bits per heavy atom. The Morgan fingerprint density at radius 1 is 1.24 bits per heavy atom. The van der Waals surface area contributed by atoms with E-state index in [1.165, 1.54) is 11.3 Å².